The highest BCUT2D eigenvalue weighted by atomic mass is 32.2. The molecule has 2 atom stereocenters. The first kappa shape index (κ1) is 27.2. The van der Waals surface area contributed by atoms with Crippen molar-refractivity contribution in [2.24, 2.45) is 0 Å². The Morgan fingerprint density at radius 3 is 1.24 bits per heavy atom. The molecule has 2 aromatic rings. The van der Waals surface area contributed by atoms with Crippen LogP contribution >= 0.6 is 0 Å². The van der Waals surface area contributed by atoms with Gasteiger partial charge < -0.3 is 10.2 Å². The van der Waals surface area contributed by atoms with Crippen molar-refractivity contribution in [2.75, 3.05) is 0 Å². The van der Waals surface area contributed by atoms with Gasteiger partial charge in [-0.3, -0.25) is 0 Å². The number of carboxylic acids is 2. The summed E-state index contributed by atoms with van der Waals surface area (Å²) in [5.74, 6) is -3.08. The van der Waals surface area contributed by atoms with Crippen LogP contribution in [0, 0.1) is 0 Å². The number of sulfonamides is 2. The van der Waals surface area contributed by atoms with E-state index in [4.69, 9.17) is 0 Å². The summed E-state index contributed by atoms with van der Waals surface area (Å²) in [6, 6.07) is 13.0. The summed E-state index contributed by atoms with van der Waals surface area (Å²) in [4.78, 5) is 23.7. The second-order valence-corrected chi connectivity index (χ2v) is 11.1. The fourth-order valence-electron chi connectivity index (χ4n) is 3.24. The predicted octanol–water partition coefficient (Wildman–Crippen LogP) is 1.97. The quantitative estimate of drug-likeness (QED) is 0.314. The van der Waals surface area contributed by atoms with E-state index in [0.29, 0.717) is 0 Å². The maximum absolute atomic E-state index is 12.5. The smallest absolute Gasteiger partial charge is 0.332 e. The molecule has 10 nitrogen and oxygen atoms in total. The normalized spacial score (nSPS) is 14.6. The zero-order valence-electron chi connectivity index (χ0n) is 18.5. The molecule has 184 valence electrons. The summed E-state index contributed by atoms with van der Waals surface area (Å²) in [6.07, 6.45) is -0.859. The van der Waals surface area contributed by atoms with Gasteiger partial charge in [-0.05, 0) is 51.0 Å². The Morgan fingerprint density at radius 1 is 0.676 bits per heavy atom. The molecule has 0 bridgehead atoms. The first-order valence-electron chi connectivity index (χ1n) is 10.2. The van der Waals surface area contributed by atoms with Gasteiger partial charge in [-0.1, -0.05) is 36.4 Å². The molecule has 0 aliphatic rings. The van der Waals surface area contributed by atoms with Crippen LogP contribution in [0.3, 0.4) is 0 Å². The average Bonchev–Trinajstić information content (AvgIpc) is 2.76. The van der Waals surface area contributed by atoms with Gasteiger partial charge in [0, 0.05) is 23.2 Å². The first-order valence-corrected chi connectivity index (χ1v) is 13.1. The van der Waals surface area contributed by atoms with Crippen LogP contribution in [0.5, 0.6) is 0 Å². The number of nitrogens with one attached hydrogen (secondary N) is 2. The lowest BCUT2D eigenvalue weighted by molar-refractivity contribution is -0.136. The van der Waals surface area contributed by atoms with E-state index in [1.54, 1.807) is 12.1 Å². The Kier molecular flexibility index (Phi) is 9.10. The third-order valence-corrected chi connectivity index (χ3v) is 7.93. The third-order valence-electron chi connectivity index (χ3n) is 4.72. The number of carbonyl (C=O) groups is 2. The molecule has 0 saturated heterocycles. The summed E-state index contributed by atoms with van der Waals surface area (Å²) in [6.45, 7) is 2.81. The van der Waals surface area contributed by atoms with Crippen molar-refractivity contribution < 1.29 is 36.6 Å². The van der Waals surface area contributed by atoms with Gasteiger partial charge in [0.15, 0.2) is 0 Å². The molecule has 0 saturated carbocycles. The SMILES string of the molecule is C[C@@H](C/C(C(=O)O)=C(/C[C@H](C)NS(=O)(=O)c1ccccc1)C(=O)O)NS(=O)(=O)c1ccccc1. The molecule has 0 fully saturated rings. The van der Waals surface area contributed by atoms with E-state index in [-0.39, 0.29) is 9.79 Å². The number of hydrogen-bond donors (Lipinski definition) is 4. The lowest BCUT2D eigenvalue weighted by atomic mass is 9.97. The van der Waals surface area contributed by atoms with Crippen LogP contribution in [0.15, 0.2) is 81.6 Å². The lowest BCUT2D eigenvalue weighted by Crippen LogP contribution is -2.35. The highest BCUT2D eigenvalue weighted by Crippen LogP contribution is 2.20. The van der Waals surface area contributed by atoms with Gasteiger partial charge in [-0.2, -0.15) is 0 Å². The Morgan fingerprint density at radius 2 is 0.971 bits per heavy atom. The van der Waals surface area contributed by atoms with Crippen molar-refractivity contribution >= 4 is 32.0 Å². The van der Waals surface area contributed by atoms with E-state index in [9.17, 15) is 36.6 Å². The average molecular weight is 511 g/mol. The molecule has 12 heteroatoms. The highest BCUT2D eigenvalue weighted by molar-refractivity contribution is 7.89. The fraction of sp³-hybridized carbons (Fsp3) is 0.273. The van der Waals surface area contributed by atoms with Crippen LogP contribution < -0.4 is 9.44 Å². The molecule has 34 heavy (non-hydrogen) atoms. The third kappa shape index (κ3) is 7.48. The number of rotatable bonds is 12. The van der Waals surface area contributed by atoms with Crippen molar-refractivity contribution in [2.45, 2.75) is 48.6 Å². The number of aliphatic carboxylic acids is 2. The molecule has 0 aliphatic carbocycles. The molecule has 0 amide bonds. The van der Waals surface area contributed by atoms with Gasteiger partial charge in [-0.15, -0.1) is 0 Å². The Bertz CT molecular complexity index is 1160. The molecule has 0 aliphatic heterocycles. The van der Waals surface area contributed by atoms with E-state index in [0.717, 1.165) is 0 Å². The van der Waals surface area contributed by atoms with Crippen molar-refractivity contribution in [3.8, 4) is 0 Å². The van der Waals surface area contributed by atoms with Gasteiger partial charge in [0.05, 0.1) is 9.79 Å². The van der Waals surface area contributed by atoms with E-state index >= 15 is 0 Å². The zero-order chi connectivity index (χ0) is 25.5. The molecule has 0 heterocycles. The maximum atomic E-state index is 12.5. The predicted molar refractivity (Wildman–Crippen MR) is 124 cm³/mol. The van der Waals surface area contributed by atoms with Crippen molar-refractivity contribution in [1.82, 2.24) is 9.44 Å². The van der Waals surface area contributed by atoms with Crippen molar-refractivity contribution in [3.63, 3.8) is 0 Å². The minimum absolute atomic E-state index is 0.0231. The molecule has 4 N–H and O–H groups in total. The van der Waals surface area contributed by atoms with Crippen LogP contribution in [0.4, 0.5) is 0 Å². The molecule has 2 aromatic carbocycles. The summed E-state index contributed by atoms with van der Waals surface area (Å²) >= 11 is 0. The highest BCUT2D eigenvalue weighted by Gasteiger charge is 2.27. The molecular formula is C22H26N2O8S2. The molecular weight excluding hydrogens is 484 g/mol. The van der Waals surface area contributed by atoms with E-state index in [1.807, 2.05) is 0 Å². The van der Waals surface area contributed by atoms with Crippen LogP contribution in [0.2, 0.25) is 0 Å². The number of benzene rings is 2. The second-order valence-electron chi connectivity index (χ2n) is 7.65. The van der Waals surface area contributed by atoms with E-state index in [2.05, 4.69) is 9.44 Å². The van der Waals surface area contributed by atoms with Crippen LogP contribution in [-0.2, 0) is 29.6 Å². The first-order chi connectivity index (χ1) is 15.8. The van der Waals surface area contributed by atoms with Gasteiger partial charge in [0.1, 0.15) is 0 Å². The summed E-state index contributed by atoms with van der Waals surface area (Å²) in [5, 5.41) is 19.3. The van der Waals surface area contributed by atoms with E-state index < -0.39 is 68.1 Å². The van der Waals surface area contributed by atoms with Crippen LogP contribution in [0.1, 0.15) is 26.7 Å². The molecule has 0 radical (unpaired) electrons. The maximum Gasteiger partial charge on any atom is 0.332 e. The molecule has 0 aromatic heterocycles. The zero-order valence-corrected chi connectivity index (χ0v) is 20.1. The van der Waals surface area contributed by atoms with Gasteiger partial charge in [0.25, 0.3) is 0 Å². The van der Waals surface area contributed by atoms with Gasteiger partial charge in [0.2, 0.25) is 20.0 Å². The minimum atomic E-state index is -3.96. The summed E-state index contributed by atoms with van der Waals surface area (Å²) in [5.41, 5.74) is -1.05. The standard InChI is InChI=1S/C22H26N2O8S2/c1-15(23-33(29,30)17-9-5-3-6-10-17)13-19(21(25)26)20(22(27)28)14-16(2)24-34(31,32)18-11-7-4-8-12-18/h3-12,15-16,23-24H,13-14H2,1-2H3,(H,25,26)(H,27,28)/b20-19+/t15-,16-/m0/s1. The lowest BCUT2D eigenvalue weighted by Gasteiger charge is -2.19. The summed E-state index contributed by atoms with van der Waals surface area (Å²) in [7, 11) is -7.92. The Hall–Kier alpha value is -3.06. The Balaban J connectivity index is 2.24. The topological polar surface area (TPSA) is 167 Å². The van der Waals surface area contributed by atoms with Crippen molar-refractivity contribution in [3.05, 3.63) is 71.8 Å². The van der Waals surface area contributed by atoms with Crippen LogP contribution in [-0.4, -0.2) is 51.1 Å². The largest absolute Gasteiger partial charge is 0.478 e. The van der Waals surface area contributed by atoms with Gasteiger partial charge in [-0.25, -0.2) is 35.9 Å². The van der Waals surface area contributed by atoms with Gasteiger partial charge >= 0.3 is 11.9 Å². The molecule has 0 unspecified atom stereocenters. The van der Waals surface area contributed by atoms with Crippen molar-refractivity contribution in [1.29, 1.82) is 0 Å². The fourth-order valence-corrected chi connectivity index (χ4v) is 5.77. The van der Waals surface area contributed by atoms with Crippen LogP contribution in [0.25, 0.3) is 0 Å². The minimum Gasteiger partial charge on any atom is -0.478 e. The summed E-state index contributed by atoms with van der Waals surface area (Å²) < 4.78 is 54.7. The molecule has 2 rings (SSSR count). The number of carboxylic acid groups (broad SMARTS) is 2. The monoisotopic (exact) mass is 510 g/mol. The Labute approximate surface area is 198 Å². The van der Waals surface area contributed by atoms with E-state index in [1.165, 1.54) is 62.4 Å². The molecule has 0 spiro atoms. The second kappa shape index (κ2) is 11.4. The number of hydrogen-bond acceptors (Lipinski definition) is 6.